The number of halogens is 2. The minimum atomic E-state index is -1.44. The van der Waals surface area contributed by atoms with E-state index >= 15 is 0 Å². The fraction of sp³-hybridized carbons (Fsp3) is 0.273. The van der Waals surface area contributed by atoms with Crippen molar-refractivity contribution in [3.63, 3.8) is 0 Å². The molecule has 92 valence electrons. The lowest BCUT2D eigenvalue weighted by Crippen LogP contribution is -2.11. The number of nitrogens with zero attached hydrogens (tertiary/aromatic N) is 1. The molecule has 0 atom stereocenters. The molecule has 17 heavy (non-hydrogen) atoms. The maximum atomic E-state index is 13.5. The van der Waals surface area contributed by atoms with Crippen LogP contribution in [0.25, 0.3) is 5.76 Å². The number of carboxylic acid groups (broad SMARTS) is 1. The van der Waals surface area contributed by atoms with E-state index in [9.17, 15) is 9.18 Å². The molecular weight excluding hydrogens is 249 g/mol. The Morgan fingerprint density at radius 1 is 1.59 bits per heavy atom. The van der Waals surface area contributed by atoms with Gasteiger partial charge in [0.05, 0.1) is 6.61 Å². The molecule has 1 heterocycles. The summed E-state index contributed by atoms with van der Waals surface area (Å²) in [4.78, 5) is 14.3. The van der Waals surface area contributed by atoms with Crippen molar-refractivity contribution >= 4 is 23.3 Å². The average Bonchev–Trinajstić information content (AvgIpc) is 2.22. The van der Waals surface area contributed by atoms with Gasteiger partial charge in [-0.25, -0.2) is 9.78 Å². The number of aromatic carboxylic acids is 1. The van der Waals surface area contributed by atoms with Gasteiger partial charge in [0.2, 0.25) is 5.95 Å². The van der Waals surface area contributed by atoms with E-state index in [1.807, 2.05) is 0 Å². The number of carboxylic acids is 1. The molecular formula is C11H11ClFNO3. The molecule has 0 aromatic carbocycles. The molecule has 0 saturated carbocycles. The SMILES string of the molecule is C=C(OCC)c1c(C)c(Cl)nc(F)c1C(=O)O. The van der Waals surface area contributed by atoms with Crippen LogP contribution in [-0.2, 0) is 4.74 Å². The molecule has 0 aliphatic rings. The second kappa shape index (κ2) is 5.14. The quantitative estimate of drug-likeness (QED) is 0.667. The Morgan fingerprint density at radius 3 is 2.65 bits per heavy atom. The van der Waals surface area contributed by atoms with Gasteiger partial charge < -0.3 is 9.84 Å². The van der Waals surface area contributed by atoms with Crippen LogP contribution in [0.2, 0.25) is 5.15 Å². The summed E-state index contributed by atoms with van der Waals surface area (Å²) in [7, 11) is 0. The van der Waals surface area contributed by atoms with Gasteiger partial charge in [-0.3, -0.25) is 0 Å². The van der Waals surface area contributed by atoms with Crippen molar-refractivity contribution in [3.05, 3.63) is 34.4 Å². The molecule has 0 aliphatic heterocycles. The Balaban J connectivity index is 3.53. The van der Waals surface area contributed by atoms with Crippen molar-refractivity contribution in [1.82, 2.24) is 4.98 Å². The van der Waals surface area contributed by atoms with Gasteiger partial charge >= 0.3 is 5.97 Å². The Hall–Kier alpha value is -1.62. The van der Waals surface area contributed by atoms with E-state index in [4.69, 9.17) is 21.4 Å². The van der Waals surface area contributed by atoms with Crippen LogP contribution < -0.4 is 0 Å². The summed E-state index contributed by atoms with van der Waals surface area (Å²) in [6.45, 7) is 7.09. The van der Waals surface area contributed by atoms with Gasteiger partial charge in [0.25, 0.3) is 0 Å². The van der Waals surface area contributed by atoms with Gasteiger partial charge in [0, 0.05) is 5.56 Å². The first kappa shape index (κ1) is 13.4. The van der Waals surface area contributed by atoms with Gasteiger partial charge in [0.1, 0.15) is 16.5 Å². The summed E-state index contributed by atoms with van der Waals surface area (Å²) in [6.07, 6.45) is 0. The highest BCUT2D eigenvalue weighted by atomic mass is 35.5. The molecule has 0 radical (unpaired) electrons. The number of hydrogen-bond acceptors (Lipinski definition) is 3. The minimum Gasteiger partial charge on any atom is -0.494 e. The number of aromatic nitrogens is 1. The predicted molar refractivity (Wildman–Crippen MR) is 61.6 cm³/mol. The van der Waals surface area contributed by atoms with Crippen LogP contribution >= 0.6 is 11.6 Å². The van der Waals surface area contributed by atoms with E-state index in [0.717, 1.165) is 0 Å². The summed E-state index contributed by atoms with van der Waals surface area (Å²) < 4.78 is 18.6. The molecule has 0 fully saturated rings. The first-order valence-corrected chi connectivity index (χ1v) is 5.18. The van der Waals surface area contributed by atoms with E-state index in [0.29, 0.717) is 12.2 Å². The molecule has 0 amide bonds. The number of rotatable bonds is 4. The molecule has 6 heteroatoms. The summed E-state index contributed by atoms with van der Waals surface area (Å²) >= 11 is 5.70. The molecule has 0 aliphatic carbocycles. The maximum Gasteiger partial charge on any atom is 0.341 e. The van der Waals surface area contributed by atoms with E-state index < -0.39 is 17.5 Å². The molecule has 0 bridgehead atoms. The highest BCUT2D eigenvalue weighted by Crippen LogP contribution is 2.28. The van der Waals surface area contributed by atoms with Crippen LogP contribution in [0.5, 0.6) is 0 Å². The highest BCUT2D eigenvalue weighted by Gasteiger charge is 2.24. The van der Waals surface area contributed by atoms with Crippen LogP contribution in [0.1, 0.15) is 28.4 Å². The van der Waals surface area contributed by atoms with Crippen molar-refractivity contribution in [3.8, 4) is 0 Å². The van der Waals surface area contributed by atoms with Gasteiger partial charge in [-0.1, -0.05) is 18.2 Å². The zero-order valence-electron chi connectivity index (χ0n) is 9.38. The lowest BCUT2D eigenvalue weighted by atomic mass is 10.0. The monoisotopic (exact) mass is 259 g/mol. The topological polar surface area (TPSA) is 59.4 Å². The Morgan fingerprint density at radius 2 is 2.18 bits per heavy atom. The molecule has 1 aromatic heterocycles. The Labute approximate surface area is 103 Å². The standard InChI is InChI=1S/C11H11ClFNO3/c1-4-17-6(3)7-5(2)9(12)14-10(13)8(7)11(15)16/h3-4H2,1-2H3,(H,15,16). The largest absolute Gasteiger partial charge is 0.494 e. The zero-order valence-corrected chi connectivity index (χ0v) is 10.1. The van der Waals surface area contributed by atoms with Gasteiger partial charge in [-0.2, -0.15) is 4.39 Å². The van der Waals surface area contributed by atoms with Gasteiger partial charge in [0.15, 0.2) is 0 Å². The average molecular weight is 260 g/mol. The maximum absolute atomic E-state index is 13.5. The lowest BCUT2D eigenvalue weighted by molar-refractivity contribution is 0.0689. The van der Waals surface area contributed by atoms with Gasteiger partial charge in [-0.05, 0) is 19.4 Å². The first-order chi connectivity index (χ1) is 7.90. The molecule has 0 spiro atoms. The highest BCUT2D eigenvalue weighted by molar-refractivity contribution is 6.30. The predicted octanol–water partition coefficient (Wildman–Crippen LogP) is 2.89. The summed E-state index contributed by atoms with van der Waals surface area (Å²) in [5, 5.41) is 8.85. The van der Waals surface area contributed by atoms with Crippen molar-refractivity contribution < 1.29 is 19.0 Å². The number of carbonyl (C=O) groups is 1. The molecule has 1 N–H and O–H groups in total. The smallest absolute Gasteiger partial charge is 0.341 e. The number of hydrogen-bond donors (Lipinski definition) is 1. The van der Waals surface area contributed by atoms with Crippen molar-refractivity contribution in [2.75, 3.05) is 6.61 Å². The second-order valence-electron chi connectivity index (χ2n) is 3.23. The van der Waals surface area contributed by atoms with Crippen LogP contribution in [-0.4, -0.2) is 22.7 Å². The Bertz CT molecular complexity index is 488. The van der Waals surface area contributed by atoms with E-state index in [-0.39, 0.29) is 16.5 Å². The van der Waals surface area contributed by atoms with E-state index in [2.05, 4.69) is 11.6 Å². The summed E-state index contributed by atoms with van der Waals surface area (Å²) in [6, 6.07) is 0. The minimum absolute atomic E-state index is 0.0388. The van der Waals surface area contributed by atoms with Crippen molar-refractivity contribution in [2.24, 2.45) is 0 Å². The molecule has 0 saturated heterocycles. The van der Waals surface area contributed by atoms with Crippen LogP contribution in [0.3, 0.4) is 0 Å². The van der Waals surface area contributed by atoms with E-state index in [1.165, 1.54) is 6.92 Å². The molecule has 4 nitrogen and oxygen atoms in total. The van der Waals surface area contributed by atoms with Crippen molar-refractivity contribution in [1.29, 1.82) is 0 Å². The third-order valence-corrected chi connectivity index (χ3v) is 2.52. The third-order valence-electron chi connectivity index (χ3n) is 2.15. The lowest BCUT2D eigenvalue weighted by Gasteiger charge is -2.14. The number of pyridine rings is 1. The number of ether oxygens (including phenoxy) is 1. The first-order valence-electron chi connectivity index (χ1n) is 4.81. The molecule has 1 aromatic rings. The second-order valence-corrected chi connectivity index (χ2v) is 3.59. The fourth-order valence-electron chi connectivity index (χ4n) is 1.41. The van der Waals surface area contributed by atoms with Crippen LogP contribution in [0.15, 0.2) is 6.58 Å². The van der Waals surface area contributed by atoms with Crippen LogP contribution in [0.4, 0.5) is 4.39 Å². The third kappa shape index (κ3) is 2.55. The molecule has 0 unspecified atom stereocenters. The van der Waals surface area contributed by atoms with Crippen molar-refractivity contribution in [2.45, 2.75) is 13.8 Å². The summed E-state index contributed by atoms with van der Waals surface area (Å²) in [5.74, 6) is -2.53. The fourth-order valence-corrected chi connectivity index (χ4v) is 1.58. The Kier molecular flexibility index (Phi) is 4.07. The van der Waals surface area contributed by atoms with Crippen LogP contribution in [0, 0.1) is 12.9 Å². The molecule has 1 rings (SSSR count). The van der Waals surface area contributed by atoms with Gasteiger partial charge in [-0.15, -0.1) is 0 Å². The zero-order chi connectivity index (χ0) is 13.2. The summed E-state index contributed by atoms with van der Waals surface area (Å²) in [5.41, 5.74) is -0.217. The van der Waals surface area contributed by atoms with E-state index in [1.54, 1.807) is 6.92 Å². The normalized spacial score (nSPS) is 10.1.